The Bertz CT molecular complexity index is 324. The van der Waals surface area contributed by atoms with E-state index in [0.717, 1.165) is 22.3 Å². The Morgan fingerprint density at radius 2 is 2.00 bits per heavy atom. The smallest absolute Gasteiger partial charge is 0.0713 e. The lowest BCUT2D eigenvalue weighted by molar-refractivity contribution is 0.281. The van der Waals surface area contributed by atoms with Gasteiger partial charge < -0.3 is 10.4 Å². The van der Waals surface area contributed by atoms with Crippen LogP contribution in [-0.4, -0.2) is 11.7 Å². The first-order chi connectivity index (χ1) is 7.72. The lowest BCUT2D eigenvalue weighted by atomic mass is 10.0. The molecule has 0 bridgehead atoms. The third-order valence-corrected chi connectivity index (χ3v) is 3.76. The molecule has 0 aliphatic carbocycles. The molecular formula is C13H20BrNO. The molecule has 0 saturated carbocycles. The summed E-state index contributed by atoms with van der Waals surface area (Å²) >= 11 is 3.45. The summed E-state index contributed by atoms with van der Waals surface area (Å²) in [6.07, 6.45) is 2.37. The van der Waals surface area contributed by atoms with E-state index in [-0.39, 0.29) is 6.61 Å². The maximum atomic E-state index is 9.31. The quantitative estimate of drug-likeness (QED) is 0.834. The highest BCUT2D eigenvalue weighted by atomic mass is 79.9. The van der Waals surface area contributed by atoms with Crippen LogP contribution in [0.5, 0.6) is 0 Å². The summed E-state index contributed by atoms with van der Waals surface area (Å²) in [5, 5.41) is 12.7. The molecule has 0 aliphatic rings. The van der Waals surface area contributed by atoms with Gasteiger partial charge in [0.15, 0.2) is 0 Å². The Morgan fingerprint density at radius 3 is 2.56 bits per heavy atom. The van der Waals surface area contributed by atoms with E-state index in [9.17, 15) is 5.11 Å². The van der Waals surface area contributed by atoms with Crippen molar-refractivity contribution in [1.82, 2.24) is 0 Å². The van der Waals surface area contributed by atoms with E-state index in [4.69, 9.17) is 0 Å². The first-order valence-electron chi connectivity index (χ1n) is 5.85. The summed E-state index contributed by atoms with van der Waals surface area (Å²) in [6.45, 7) is 5.45. The van der Waals surface area contributed by atoms with Gasteiger partial charge in [-0.25, -0.2) is 0 Å². The molecule has 0 saturated heterocycles. The second-order valence-corrected chi connectivity index (χ2v) is 4.84. The molecule has 0 spiro atoms. The van der Waals surface area contributed by atoms with Gasteiger partial charge in [0.1, 0.15) is 0 Å². The van der Waals surface area contributed by atoms with Crippen LogP contribution in [-0.2, 0) is 6.61 Å². The molecule has 0 fully saturated rings. The van der Waals surface area contributed by atoms with Gasteiger partial charge in [-0.2, -0.15) is 0 Å². The van der Waals surface area contributed by atoms with Crippen LogP contribution in [0.2, 0.25) is 0 Å². The predicted octanol–water partition coefficient (Wildman–Crippen LogP) is 3.79. The summed E-state index contributed by atoms with van der Waals surface area (Å²) < 4.78 is 0.963. The van der Waals surface area contributed by atoms with Crippen LogP contribution in [0.1, 0.15) is 32.3 Å². The Balaban J connectivity index is 2.69. The number of hydrogen-bond donors (Lipinski definition) is 2. The average Bonchev–Trinajstić information content (AvgIpc) is 2.30. The Kier molecular flexibility index (Phi) is 5.85. The highest BCUT2D eigenvalue weighted by Crippen LogP contribution is 2.25. The molecule has 2 N–H and O–H groups in total. The average molecular weight is 286 g/mol. The molecule has 1 aromatic rings. The number of aliphatic hydroxyl groups is 1. The number of rotatable bonds is 6. The minimum Gasteiger partial charge on any atom is -0.392 e. The third-order valence-electron chi connectivity index (χ3n) is 3.01. The fourth-order valence-corrected chi connectivity index (χ4v) is 2.21. The predicted molar refractivity (Wildman–Crippen MR) is 72.6 cm³/mol. The van der Waals surface area contributed by atoms with Gasteiger partial charge in [-0.1, -0.05) is 48.7 Å². The van der Waals surface area contributed by atoms with Gasteiger partial charge in [0.25, 0.3) is 0 Å². The summed E-state index contributed by atoms with van der Waals surface area (Å²) in [5.41, 5.74) is 1.97. The molecule has 1 rings (SSSR count). The molecule has 0 aliphatic heterocycles. The van der Waals surface area contributed by atoms with Crippen molar-refractivity contribution >= 4 is 21.6 Å². The number of aliphatic hydroxyl groups excluding tert-OH is 1. The van der Waals surface area contributed by atoms with E-state index in [1.54, 1.807) is 0 Å². The van der Waals surface area contributed by atoms with Gasteiger partial charge >= 0.3 is 0 Å². The van der Waals surface area contributed by atoms with E-state index >= 15 is 0 Å². The van der Waals surface area contributed by atoms with E-state index < -0.39 is 0 Å². The number of benzene rings is 1. The minimum absolute atomic E-state index is 0.0622. The number of halogens is 1. The summed E-state index contributed by atoms with van der Waals surface area (Å²) in [6, 6.07) is 5.95. The van der Waals surface area contributed by atoms with Gasteiger partial charge in [-0.05, 0) is 18.1 Å². The fourth-order valence-electron chi connectivity index (χ4n) is 1.72. The van der Waals surface area contributed by atoms with E-state index in [1.165, 1.54) is 12.8 Å². The molecule has 0 aromatic heterocycles. The number of anilines is 1. The Labute approximate surface area is 106 Å². The largest absolute Gasteiger partial charge is 0.392 e. The van der Waals surface area contributed by atoms with Crippen molar-refractivity contribution in [2.24, 2.45) is 5.92 Å². The standard InChI is InChI=1S/C13H20BrNO/c1-3-10(4-2)8-15-13-7-5-6-12(14)11(13)9-16/h5-7,10,15-16H,3-4,8-9H2,1-2H3. The van der Waals surface area contributed by atoms with Crippen LogP contribution in [0.4, 0.5) is 5.69 Å². The van der Waals surface area contributed by atoms with Crippen LogP contribution in [0.3, 0.4) is 0 Å². The van der Waals surface area contributed by atoms with E-state index in [1.807, 2.05) is 18.2 Å². The SMILES string of the molecule is CCC(CC)CNc1cccc(Br)c1CO. The highest BCUT2D eigenvalue weighted by Gasteiger charge is 2.07. The molecule has 1 aromatic carbocycles. The van der Waals surface area contributed by atoms with Crippen molar-refractivity contribution in [1.29, 1.82) is 0 Å². The first kappa shape index (κ1) is 13.5. The molecule has 0 radical (unpaired) electrons. The van der Waals surface area contributed by atoms with Crippen LogP contribution < -0.4 is 5.32 Å². The number of nitrogens with one attached hydrogen (secondary N) is 1. The maximum absolute atomic E-state index is 9.31. The first-order valence-corrected chi connectivity index (χ1v) is 6.64. The topological polar surface area (TPSA) is 32.3 Å². The summed E-state index contributed by atoms with van der Waals surface area (Å²) in [4.78, 5) is 0. The van der Waals surface area contributed by atoms with Crippen molar-refractivity contribution < 1.29 is 5.11 Å². The van der Waals surface area contributed by atoms with Crippen LogP contribution >= 0.6 is 15.9 Å². The van der Waals surface area contributed by atoms with Crippen LogP contribution in [0.25, 0.3) is 0 Å². The monoisotopic (exact) mass is 285 g/mol. The third kappa shape index (κ3) is 3.49. The molecule has 90 valence electrons. The molecule has 0 unspecified atom stereocenters. The molecule has 16 heavy (non-hydrogen) atoms. The molecule has 2 nitrogen and oxygen atoms in total. The highest BCUT2D eigenvalue weighted by molar-refractivity contribution is 9.10. The van der Waals surface area contributed by atoms with Gasteiger partial charge in [0.2, 0.25) is 0 Å². The lowest BCUT2D eigenvalue weighted by Gasteiger charge is -2.17. The molecule has 0 heterocycles. The summed E-state index contributed by atoms with van der Waals surface area (Å²) in [5.74, 6) is 0.700. The zero-order chi connectivity index (χ0) is 12.0. The maximum Gasteiger partial charge on any atom is 0.0713 e. The van der Waals surface area contributed by atoms with E-state index in [0.29, 0.717) is 5.92 Å². The number of hydrogen-bond acceptors (Lipinski definition) is 2. The van der Waals surface area contributed by atoms with Gasteiger partial charge in [-0.15, -0.1) is 0 Å². The molecule has 0 atom stereocenters. The lowest BCUT2D eigenvalue weighted by Crippen LogP contribution is -2.13. The van der Waals surface area contributed by atoms with Crippen LogP contribution in [0.15, 0.2) is 22.7 Å². The zero-order valence-corrected chi connectivity index (χ0v) is 11.5. The van der Waals surface area contributed by atoms with Crippen molar-refractivity contribution in [2.75, 3.05) is 11.9 Å². The minimum atomic E-state index is 0.0622. The normalized spacial score (nSPS) is 10.8. The molecular weight excluding hydrogens is 266 g/mol. The van der Waals surface area contributed by atoms with Gasteiger partial charge in [0.05, 0.1) is 6.61 Å². The molecule has 3 heteroatoms. The Hall–Kier alpha value is -0.540. The van der Waals surface area contributed by atoms with Gasteiger partial charge in [-0.3, -0.25) is 0 Å². The second-order valence-electron chi connectivity index (χ2n) is 3.99. The van der Waals surface area contributed by atoms with Crippen molar-refractivity contribution in [3.05, 3.63) is 28.2 Å². The fraction of sp³-hybridized carbons (Fsp3) is 0.538. The van der Waals surface area contributed by atoms with Crippen LogP contribution in [0, 0.1) is 5.92 Å². The zero-order valence-electron chi connectivity index (χ0n) is 9.96. The van der Waals surface area contributed by atoms with Crippen molar-refractivity contribution in [3.8, 4) is 0 Å². The second kappa shape index (κ2) is 6.92. The van der Waals surface area contributed by atoms with Gasteiger partial charge in [0, 0.05) is 22.3 Å². The van der Waals surface area contributed by atoms with Crippen molar-refractivity contribution in [2.45, 2.75) is 33.3 Å². The van der Waals surface area contributed by atoms with E-state index in [2.05, 4.69) is 35.1 Å². The Morgan fingerprint density at radius 1 is 1.31 bits per heavy atom. The molecule has 0 amide bonds. The summed E-state index contributed by atoms with van der Waals surface area (Å²) in [7, 11) is 0. The van der Waals surface area contributed by atoms with Crippen molar-refractivity contribution in [3.63, 3.8) is 0 Å².